The Kier molecular flexibility index (Phi) is 12.6. The molecule has 0 atom stereocenters. The maximum Gasteiger partial charge on any atom is 1.00 e. The normalized spacial score (nSPS) is 12.8. The molecule has 1 aliphatic rings. The van der Waals surface area contributed by atoms with Gasteiger partial charge in [0.05, 0.1) is 9.79 Å². The Hall–Kier alpha value is -3.61. The van der Waals surface area contributed by atoms with Gasteiger partial charge in [-0.15, -0.1) is 0 Å². The Morgan fingerprint density at radius 1 is 0.729 bits per heavy atom. The molecule has 4 aromatic carbocycles. The first-order valence-electron chi connectivity index (χ1n) is 15.2. The van der Waals surface area contributed by atoms with Gasteiger partial charge in [-0.05, 0) is 90.2 Å². The summed E-state index contributed by atoms with van der Waals surface area (Å²) < 4.78 is 69.5. The zero-order chi connectivity index (χ0) is 33.6. The molecule has 0 saturated heterocycles. The Morgan fingerprint density at radius 2 is 1.31 bits per heavy atom. The maximum absolute atomic E-state index is 11.6. The average molecular weight is 692 g/mol. The van der Waals surface area contributed by atoms with Crippen LogP contribution in [0.1, 0.15) is 36.1 Å². The molecule has 4 aromatic rings. The fourth-order valence-electron chi connectivity index (χ4n) is 5.60. The first-order valence-corrected chi connectivity index (χ1v) is 18.1. The minimum Gasteiger partial charge on any atom is -0.744 e. The molecule has 0 unspecified atom stereocenters. The van der Waals surface area contributed by atoms with Crippen LogP contribution in [0.5, 0.6) is 0 Å². The molecule has 0 heterocycles. The number of benzene rings is 4. The SMILES string of the molecule is CCN(Cc1cccc(S(=O)(=O)[O-])c1)c1ccc(C(=C2C=CC(=[N+](CC)Cc3cccc(S(=O)(=O)O)c3)C=C2)c2ccccc2)cc1.[Na+]. The van der Waals surface area contributed by atoms with Gasteiger partial charge in [0.15, 0.2) is 12.3 Å². The van der Waals surface area contributed by atoms with Crippen LogP contribution in [0.2, 0.25) is 0 Å². The molecule has 1 aliphatic carbocycles. The largest absolute Gasteiger partial charge is 1.00 e. The van der Waals surface area contributed by atoms with Gasteiger partial charge in [-0.2, -0.15) is 8.42 Å². The van der Waals surface area contributed by atoms with Crippen molar-refractivity contribution in [2.24, 2.45) is 0 Å². The Morgan fingerprint density at radius 3 is 1.90 bits per heavy atom. The molecular weight excluding hydrogens is 656 g/mol. The molecule has 242 valence electrons. The molecular formula is C37H36N2NaO6S2+. The summed E-state index contributed by atoms with van der Waals surface area (Å²) in [7, 11) is -8.82. The molecule has 0 aliphatic heterocycles. The van der Waals surface area contributed by atoms with Crippen molar-refractivity contribution < 1.29 is 60.1 Å². The van der Waals surface area contributed by atoms with E-state index < -0.39 is 20.2 Å². The van der Waals surface area contributed by atoms with Crippen molar-refractivity contribution in [2.75, 3.05) is 18.0 Å². The van der Waals surface area contributed by atoms with Gasteiger partial charge >= 0.3 is 29.6 Å². The van der Waals surface area contributed by atoms with Crippen LogP contribution in [0.25, 0.3) is 5.57 Å². The third-order valence-electron chi connectivity index (χ3n) is 8.00. The van der Waals surface area contributed by atoms with E-state index in [9.17, 15) is 25.9 Å². The molecule has 0 spiro atoms. The molecule has 0 saturated carbocycles. The average Bonchev–Trinajstić information content (AvgIpc) is 3.07. The molecule has 48 heavy (non-hydrogen) atoms. The van der Waals surface area contributed by atoms with Gasteiger partial charge in [0.1, 0.15) is 16.7 Å². The summed E-state index contributed by atoms with van der Waals surface area (Å²) in [6.45, 7) is 6.35. The molecule has 0 fully saturated rings. The van der Waals surface area contributed by atoms with Crippen molar-refractivity contribution >= 4 is 37.2 Å². The monoisotopic (exact) mass is 691 g/mol. The zero-order valence-electron chi connectivity index (χ0n) is 27.2. The summed E-state index contributed by atoms with van der Waals surface area (Å²) in [6.07, 6.45) is 8.27. The van der Waals surface area contributed by atoms with E-state index in [1.807, 2.05) is 56.3 Å². The van der Waals surface area contributed by atoms with E-state index in [1.165, 1.54) is 24.3 Å². The molecule has 8 nitrogen and oxygen atoms in total. The number of rotatable bonds is 11. The number of nitrogens with zero attached hydrogens (tertiary/aromatic N) is 2. The summed E-state index contributed by atoms with van der Waals surface area (Å²) in [5.74, 6) is 0. The molecule has 0 radical (unpaired) electrons. The maximum atomic E-state index is 11.6. The third-order valence-corrected chi connectivity index (χ3v) is 9.68. The van der Waals surface area contributed by atoms with Crippen LogP contribution < -0.4 is 34.5 Å². The van der Waals surface area contributed by atoms with Gasteiger partial charge in [0, 0.05) is 36.5 Å². The fraction of sp³-hybridized carbons (Fsp3) is 0.162. The molecule has 0 aromatic heterocycles. The summed E-state index contributed by atoms with van der Waals surface area (Å²) in [6, 6.07) is 30.9. The van der Waals surface area contributed by atoms with E-state index in [0.717, 1.165) is 44.8 Å². The quantitative estimate of drug-likeness (QED) is 0.146. The third kappa shape index (κ3) is 9.29. The van der Waals surface area contributed by atoms with E-state index in [4.69, 9.17) is 0 Å². The van der Waals surface area contributed by atoms with Crippen LogP contribution in [0.3, 0.4) is 0 Å². The minimum atomic E-state index is -4.53. The van der Waals surface area contributed by atoms with Crippen LogP contribution in [-0.2, 0) is 33.3 Å². The second kappa shape index (κ2) is 16.2. The predicted octanol–water partition coefficient (Wildman–Crippen LogP) is 3.47. The van der Waals surface area contributed by atoms with Gasteiger partial charge in [-0.3, -0.25) is 4.55 Å². The van der Waals surface area contributed by atoms with Crippen molar-refractivity contribution in [1.29, 1.82) is 0 Å². The van der Waals surface area contributed by atoms with Crippen molar-refractivity contribution in [3.8, 4) is 0 Å². The second-order valence-corrected chi connectivity index (χ2v) is 13.9. The predicted molar refractivity (Wildman–Crippen MR) is 184 cm³/mol. The molecule has 11 heteroatoms. The van der Waals surface area contributed by atoms with Gasteiger partial charge < -0.3 is 9.45 Å². The Bertz CT molecular complexity index is 2090. The standard InChI is InChI=1S/C37H36N2O6S2.Na/c1-3-38(26-28-10-8-14-35(24-28)46(40,41)42)33-20-16-31(17-21-33)37(30-12-6-5-7-13-30)32-18-22-34(23-19-32)39(4-2)27-29-11-9-15-36(25-29)47(43,44)45;/h5-25H,3-4,26-27H2,1-2H3,(H-,40,41,42,43,44,45);/q;+1. The van der Waals surface area contributed by atoms with E-state index in [-0.39, 0.29) is 39.3 Å². The van der Waals surface area contributed by atoms with Crippen LogP contribution >= 0.6 is 0 Å². The van der Waals surface area contributed by atoms with E-state index in [2.05, 4.69) is 58.0 Å². The van der Waals surface area contributed by atoms with Gasteiger partial charge in [-0.25, -0.2) is 13.0 Å². The van der Waals surface area contributed by atoms with Crippen LogP contribution in [-0.4, -0.2) is 49.3 Å². The molecule has 5 rings (SSSR count). The Balaban J connectivity index is 0.00000520. The van der Waals surface area contributed by atoms with Crippen LogP contribution in [0, 0.1) is 0 Å². The number of allylic oxidation sites excluding steroid dienone is 5. The van der Waals surface area contributed by atoms with Gasteiger partial charge in [0.2, 0.25) is 0 Å². The zero-order valence-corrected chi connectivity index (χ0v) is 30.8. The first kappa shape index (κ1) is 37.2. The molecule has 0 amide bonds. The smallest absolute Gasteiger partial charge is 0.744 e. The van der Waals surface area contributed by atoms with Crippen molar-refractivity contribution in [3.63, 3.8) is 0 Å². The van der Waals surface area contributed by atoms with Gasteiger partial charge in [0.25, 0.3) is 10.1 Å². The summed E-state index contributed by atoms with van der Waals surface area (Å²) in [5.41, 5.74) is 7.62. The summed E-state index contributed by atoms with van der Waals surface area (Å²) in [5, 5.41) is 0. The first-order chi connectivity index (χ1) is 22.5. The summed E-state index contributed by atoms with van der Waals surface area (Å²) in [4.78, 5) is 1.76. The van der Waals surface area contributed by atoms with Crippen LogP contribution in [0.4, 0.5) is 5.69 Å². The molecule has 0 bridgehead atoms. The summed E-state index contributed by atoms with van der Waals surface area (Å²) >= 11 is 0. The second-order valence-electron chi connectivity index (χ2n) is 11.1. The number of anilines is 1. The van der Waals surface area contributed by atoms with E-state index in [0.29, 0.717) is 26.2 Å². The van der Waals surface area contributed by atoms with E-state index >= 15 is 0 Å². The van der Waals surface area contributed by atoms with Gasteiger partial charge in [-0.1, -0.05) is 66.7 Å². The number of hydrogen-bond acceptors (Lipinski definition) is 6. The van der Waals surface area contributed by atoms with Crippen molar-refractivity contribution in [3.05, 3.63) is 155 Å². The minimum absolute atomic E-state index is 0. The van der Waals surface area contributed by atoms with Crippen LogP contribution in [0.15, 0.2) is 143 Å². The van der Waals surface area contributed by atoms with Crippen molar-refractivity contribution in [1.82, 2.24) is 0 Å². The fourth-order valence-corrected chi connectivity index (χ4v) is 6.69. The van der Waals surface area contributed by atoms with E-state index in [1.54, 1.807) is 12.1 Å². The number of hydrogen-bond donors (Lipinski definition) is 1. The van der Waals surface area contributed by atoms with Crippen molar-refractivity contribution in [2.45, 2.75) is 36.7 Å². The topological polar surface area (TPSA) is 118 Å². The molecule has 1 N–H and O–H groups in total. The Labute approximate surface area is 305 Å².